The number of benzene rings is 2. The lowest BCUT2D eigenvalue weighted by Gasteiger charge is -2.30. The van der Waals surface area contributed by atoms with Crippen molar-refractivity contribution in [1.29, 1.82) is 0 Å². The first kappa shape index (κ1) is 22.8. The summed E-state index contributed by atoms with van der Waals surface area (Å²) in [4.78, 5) is 17.3. The van der Waals surface area contributed by atoms with E-state index in [2.05, 4.69) is 41.5 Å². The van der Waals surface area contributed by atoms with Gasteiger partial charge in [0.1, 0.15) is 0 Å². The van der Waals surface area contributed by atoms with Crippen molar-refractivity contribution in [3.05, 3.63) is 94.6 Å². The van der Waals surface area contributed by atoms with E-state index in [1.165, 1.54) is 16.7 Å². The van der Waals surface area contributed by atoms with E-state index in [-0.39, 0.29) is 17.9 Å². The van der Waals surface area contributed by atoms with Crippen molar-refractivity contribution in [2.75, 3.05) is 0 Å². The third-order valence-electron chi connectivity index (χ3n) is 5.35. The first-order valence-corrected chi connectivity index (χ1v) is 10.8. The van der Waals surface area contributed by atoms with Gasteiger partial charge in [0.2, 0.25) is 5.88 Å². The van der Waals surface area contributed by atoms with Gasteiger partial charge in [0.25, 0.3) is 5.91 Å². The molecule has 2 aromatic carbocycles. The Bertz CT molecular complexity index is 1000. The molecule has 0 aliphatic heterocycles. The number of rotatable bonds is 8. The standard InChI is InChI=1S/C26H29ClN2O2/c1-18-8-7-9-21(16-18)23(17-20-11-13-22(27)14-12-20)19(2)29-25(30)26(3,4)31-24-10-5-6-15-28-24/h5-16,19,23H,17H2,1-4H3,(H,29,30). The normalized spacial score (nSPS) is 13.3. The number of ether oxygens (including phenoxy) is 1. The van der Waals surface area contributed by atoms with Crippen LogP contribution in [0.5, 0.6) is 5.88 Å². The maximum Gasteiger partial charge on any atom is 0.263 e. The molecule has 0 saturated carbocycles. The van der Waals surface area contributed by atoms with Gasteiger partial charge in [-0.05, 0) is 63.4 Å². The van der Waals surface area contributed by atoms with E-state index >= 15 is 0 Å². The van der Waals surface area contributed by atoms with Gasteiger partial charge in [-0.3, -0.25) is 4.79 Å². The Morgan fingerprint density at radius 1 is 1.10 bits per heavy atom. The number of nitrogens with zero attached hydrogens (tertiary/aromatic N) is 1. The van der Waals surface area contributed by atoms with E-state index in [1.807, 2.05) is 43.3 Å². The number of aryl methyl sites for hydroxylation is 1. The van der Waals surface area contributed by atoms with Crippen molar-refractivity contribution in [2.45, 2.75) is 51.7 Å². The molecule has 0 saturated heterocycles. The van der Waals surface area contributed by atoms with Crippen molar-refractivity contribution in [3.63, 3.8) is 0 Å². The van der Waals surface area contributed by atoms with Gasteiger partial charge in [-0.15, -0.1) is 0 Å². The zero-order chi connectivity index (χ0) is 22.4. The summed E-state index contributed by atoms with van der Waals surface area (Å²) < 4.78 is 5.86. The molecule has 1 heterocycles. The molecule has 162 valence electrons. The van der Waals surface area contributed by atoms with Gasteiger partial charge in [-0.1, -0.05) is 59.6 Å². The Kier molecular flexibility index (Phi) is 7.34. The maximum absolute atomic E-state index is 13.1. The van der Waals surface area contributed by atoms with Gasteiger partial charge in [0, 0.05) is 29.2 Å². The van der Waals surface area contributed by atoms with Gasteiger partial charge in [0.05, 0.1) is 0 Å². The summed E-state index contributed by atoms with van der Waals surface area (Å²) in [6.07, 6.45) is 2.43. The highest BCUT2D eigenvalue weighted by molar-refractivity contribution is 6.30. The highest BCUT2D eigenvalue weighted by Gasteiger charge is 2.33. The van der Waals surface area contributed by atoms with Gasteiger partial charge in [-0.2, -0.15) is 0 Å². The van der Waals surface area contributed by atoms with Crippen molar-refractivity contribution >= 4 is 17.5 Å². The number of halogens is 1. The lowest BCUT2D eigenvalue weighted by atomic mass is 9.85. The molecule has 1 aromatic heterocycles. The number of aromatic nitrogens is 1. The van der Waals surface area contributed by atoms with E-state index < -0.39 is 5.60 Å². The largest absolute Gasteiger partial charge is 0.462 e. The molecular formula is C26H29ClN2O2. The topological polar surface area (TPSA) is 51.2 Å². The summed E-state index contributed by atoms with van der Waals surface area (Å²) in [5.41, 5.74) is 2.49. The third-order valence-corrected chi connectivity index (χ3v) is 5.60. The monoisotopic (exact) mass is 436 g/mol. The van der Waals surface area contributed by atoms with Crippen molar-refractivity contribution in [3.8, 4) is 5.88 Å². The molecule has 1 N–H and O–H groups in total. The molecule has 0 spiro atoms. The minimum atomic E-state index is -1.06. The molecule has 0 radical (unpaired) electrons. The summed E-state index contributed by atoms with van der Waals surface area (Å²) in [7, 11) is 0. The molecule has 5 heteroatoms. The molecule has 3 aromatic rings. The second kappa shape index (κ2) is 9.97. The zero-order valence-corrected chi connectivity index (χ0v) is 19.2. The molecule has 2 unspecified atom stereocenters. The van der Waals surface area contributed by atoms with Crippen LogP contribution in [0.4, 0.5) is 0 Å². The molecule has 1 amide bonds. The van der Waals surface area contributed by atoms with Crippen LogP contribution in [-0.4, -0.2) is 22.5 Å². The van der Waals surface area contributed by atoms with Gasteiger partial charge in [-0.25, -0.2) is 4.98 Å². The summed E-state index contributed by atoms with van der Waals surface area (Å²) in [6.45, 7) is 7.63. The molecule has 0 bridgehead atoms. The average molecular weight is 437 g/mol. The minimum absolute atomic E-state index is 0.0932. The Hall–Kier alpha value is -2.85. The van der Waals surface area contributed by atoms with Crippen LogP contribution in [-0.2, 0) is 11.2 Å². The molecule has 0 aliphatic carbocycles. The van der Waals surface area contributed by atoms with Gasteiger partial charge < -0.3 is 10.1 Å². The van der Waals surface area contributed by atoms with Crippen LogP contribution < -0.4 is 10.1 Å². The lowest BCUT2D eigenvalue weighted by molar-refractivity contribution is -0.135. The Morgan fingerprint density at radius 3 is 2.48 bits per heavy atom. The zero-order valence-electron chi connectivity index (χ0n) is 18.4. The SMILES string of the molecule is Cc1cccc(C(Cc2ccc(Cl)cc2)C(C)NC(=O)C(C)(C)Oc2ccccn2)c1. The minimum Gasteiger partial charge on any atom is -0.462 e. The summed E-state index contributed by atoms with van der Waals surface area (Å²) in [5.74, 6) is 0.335. The molecular weight excluding hydrogens is 408 g/mol. The van der Waals surface area contributed by atoms with Crippen LogP contribution in [0.25, 0.3) is 0 Å². The summed E-state index contributed by atoms with van der Waals surface area (Å²) >= 11 is 6.06. The highest BCUT2D eigenvalue weighted by atomic mass is 35.5. The van der Waals surface area contributed by atoms with E-state index in [9.17, 15) is 4.79 Å². The van der Waals surface area contributed by atoms with Crippen LogP contribution in [0.2, 0.25) is 5.02 Å². The second-order valence-electron chi connectivity index (χ2n) is 8.39. The number of hydrogen-bond donors (Lipinski definition) is 1. The number of nitrogens with one attached hydrogen (secondary N) is 1. The first-order valence-electron chi connectivity index (χ1n) is 10.5. The number of carbonyl (C=O) groups excluding carboxylic acids is 1. The Morgan fingerprint density at radius 2 is 1.84 bits per heavy atom. The Labute approximate surface area is 189 Å². The predicted molar refractivity (Wildman–Crippen MR) is 126 cm³/mol. The molecule has 31 heavy (non-hydrogen) atoms. The molecule has 4 nitrogen and oxygen atoms in total. The van der Waals surface area contributed by atoms with Crippen LogP contribution in [0, 0.1) is 6.92 Å². The van der Waals surface area contributed by atoms with Crippen LogP contribution in [0.15, 0.2) is 72.9 Å². The fourth-order valence-corrected chi connectivity index (χ4v) is 3.68. The molecule has 0 fully saturated rings. The summed E-state index contributed by atoms with van der Waals surface area (Å²) in [5, 5.41) is 3.89. The maximum atomic E-state index is 13.1. The van der Waals surface area contributed by atoms with Crippen LogP contribution in [0.1, 0.15) is 43.4 Å². The number of amides is 1. The van der Waals surface area contributed by atoms with E-state index in [1.54, 1.807) is 26.1 Å². The smallest absolute Gasteiger partial charge is 0.263 e. The van der Waals surface area contributed by atoms with E-state index in [4.69, 9.17) is 16.3 Å². The number of hydrogen-bond acceptors (Lipinski definition) is 3. The van der Waals surface area contributed by atoms with Crippen molar-refractivity contribution in [2.24, 2.45) is 0 Å². The number of pyridine rings is 1. The fraction of sp³-hybridized carbons (Fsp3) is 0.308. The van der Waals surface area contributed by atoms with Gasteiger partial charge in [0.15, 0.2) is 5.60 Å². The quantitative estimate of drug-likeness (QED) is 0.490. The average Bonchev–Trinajstić information content (AvgIpc) is 2.73. The summed E-state index contributed by atoms with van der Waals surface area (Å²) in [6, 6.07) is 21.6. The van der Waals surface area contributed by atoms with Crippen molar-refractivity contribution in [1.82, 2.24) is 10.3 Å². The number of carbonyl (C=O) groups is 1. The molecule has 2 atom stereocenters. The van der Waals surface area contributed by atoms with Crippen LogP contribution >= 0.6 is 11.6 Å². The first-order chi connectivity index (χ1) is 14.7. The molecule has 3 rings (SSSR count). The fourth-order valence-electron chi connectivity index (χ4n) is 3.55. The highest BCUT2D eigenvalue weighted by Crippen LogP contribution is 2.27. The van der Waals surface area contributed by atoms with E-state index in [0.717, 1.165) is 6.42 Å². The predicted octanol–water partition coefficient (Wildman–Crippen LogP) is 5.73. The lowest BCUT2D eigenvalue weighted by Crippen LogP contribution is -2.51. The second-order valence-corrected chi connectivity index (χ2v) is 8.83. The molecule has 0 aliphatic rings. The van der Waals surface area contributed by atoms with E-state index in [0.29, 0.717) is 10.9 Å². The Balaban J connectivity index is 1.79. The third kappa shape index (κ3) is 6.31. The van der Waals surface area contributed by atoms with Crippen molar-refractivity contribution < 1.29 is 9.53 Å². The van der Waals surface area contributed by atoms with Gasteiger partial charge >= 0.3 is 0 Å². The van der Waals surface area contributed by atoms with Crippen LogP contribution in [0.3, 0.4) is 0 Å².